The summed E-state index contributed by atoms with van der Waals surface area (Å²) in [6.45, 7) is 1.72. The van der Waals surface area contributed by atoms with Crippen LogP contribution in [-0.2, 0) is 13.1 Å². The predicted molar refractivity (Wildman–Crippen MR) is 72.4 cm³/mol. The predicted octanol–water partition coefficient (Wildman–Crippen LogP) is 4.24. The number of hydrogen-bond acceptors (Lipinski definition) is 2. The van der Waals surface area contributed by atoms with Gasteiger partial charge >= 0.3 is 0 Å². The third-order valence-corrected chi connectivity index (χ3v) is 3.48. The van der Waals surface area contributed by atoms with Crippen molar-refractivity contribution >= 4 is 16.7 Å². The summed E-state index contributed by atoms with van der Waals surface area (Å²) in [5, 5.41) is 5.77. The van der Waals surface area contributed by atoms with Crippen molar-refractivity contribution in [2.45, 2.75) is 13.1 Å². The molecule has 3 nitrogen and oxygen atoms in total. The second-order valence-electron chi connectivity index (χ2n) is 4.84. The molecular weight excluding hydrogens is 236 g/mol. The number of hydrogen-bond donors (Lipinski definition) is 0. The lowest BCUT2D eigenvalue weighted by Crippen LogP contribution is -2.04. The lowest BCUT2D eigenvalue weighted by molar-refractivity contribution is -0.613. The molecule has 0 atom stereocenters. The molecule has 19 heavy (non-hydrogen) atoms. The largest absolute Gasteiger partial charge is 0.464 e. The van der Waals surface area contributed by atoms with E-state index in [9.17, 15) is 0 Å². The van der Waals surface area contributed by atoms with Crippen LogP contribution in [0.2, 0.25) is 0 Å². The topological polar surface area (TPSA) is 28.5 Å². The van der Waals surface area contributed by atoms with Crippen LogP contribution in [0.1, 0.15) is 11.1 Å². The minimum absolute atomic E-state index is 0.829. The number of rotatable bonds is 2. The van der Waals surface area contributed by atoms with E-state index in [4.69, 9.17) is 4.42 Å². The molecule has 3 heteroatoms. The van der Waals surface area contributed by atoms with Gasteiger partial charge in [0.15, 0.2) is 13.1 Å². The lowest BCUT2D eigenvalue weighted by Gasteiger charge is -1.97. The number of furan rings is 1. The van der Waals surface area contributed by atoms with E-state index in [0.717, 1.165) is 29.7 Å². The summed E-state index contributed by atoms with van der Waals surface area (Å²) in [6, 6.07) is 16.6. The molecule has 0 saturated carbocycles. The highest BCUT2D eigenvalue weighted by Crippen LogP contribution is 2.27. The standard InChI is InChI=1S/C16H13N2O/c1-2-4-15-14(3-1)11-18(17-15)10-12-5-6-16-13(9-12)7-8-19-16/h1-9H,10-11H2/q+1. The molecule has 2 aromatic carbocycles. The van der Waals surface area contributed by atoms with Crippen LogP contribution < -0.4 is 0 Å². The van der Waals surface area contributed by atoms with E-state index in [1.165, 1.54) is 11.1 Å². The van der Waals surface area contributed by atoms with Crippen molar-refractivity contribution in [2.24, 2.45) is 5.11 Å². The highest BCUT2D eigenvalue weighted by Gasteiger charge is 2.20. The van der Waals surface area contributed by atoms with E-state index in [-0.39, 0.29) is 0 Å². The zero-order chi connectivity index (χ0) is 12.7. The van der Waals surface area contributed by atoms with Gasteiger partial charge in [-0.3, -0.25) is 0 Å². The number of azo groups is 2. The molecule has 92 valence electrons. The molecule has 3 aromatic rings. The van der Waals surface area contributed by atoms with Crippen molar-refractivity contribution in [1.29, 1.82) is 0 Å². The first-order valence-corrected chi connectivity index (χ1v) is 6.39. The molecule has 2 heterocycles. The maximum Gasteiger partial charge on any atom is 0.196 e. The molecule has 4 rings (SSSR count). The Morgan fingerprint density at radius 1 is 1.11 bits per heavy atom. The van der Waals surface area contributed by atoms with Crippen LogP contribution in [0.3, 0.4) is 0 Å². The van der Waals surface area contributed by atoms with Crippen molar-refractivity contribution in [1.82, 2.24) is 0 Å². The van der Waals surface area contributed by atoms with Gasteiger partial charge in [0.2, 0.25) is 0 Å². The van der Waals surface area contributed by atoms with Crippen molar-refractivity contribution in [3.63, 3.8) is 0 Å². The molecule has 0 saturated heterocycles. The van der Waals surface area contributed by atoms with E-state index in [1.807, 2.05) is 18.2 Å². The van der Waals surface area contributed by atoms with Crippen LogP contribution >= 0.6 is 0 Å². The molecule has 0 spiro atoms. The Balaban J connectivity index is 1.63. The highest BCUT2D eigenvalue weighted by atomic mass is 16.3. The van der Waals surface area contributed by atoms with Gasteiger partial charge in [-0.15, -0.1) is 4.70 Å². The van der Waals surface area contributed by atoms with Crippen LogP contribution in [0.4, 0.5) is 5.69 Å². The smallest absolute Gasteiger partial charge is 0.196 e. The van der Waals surface area contributed by atoms with E-state index in [1.54, 1.807) is 6.26 Å². The number of nitrogens with zero attached hydrogens (tertiary/aromatic N) is 2. The van der Waals surface area contributed by atoms with Gasteiger partial charge in [0.25, 0.3) is 0 Å². The van der Waals surface area contributed by atoms with E-state index < -0.39 is 0 Å². The fraction of sp³-hybridized carbons (Fsp3) is 0.125. The fourth-order valence-electron chi connectivity index (χ4n) is 2.54. The second-order valence-corrected chi connectivity index (χ2v) is 4.84. The van der Waals surface area contributed by atoms with E-state index >= 15 is 0 Å². The van der Waals surface area contributed by atoms with Crippen molar-refractivity contribution in [3.05, 3.63) is 65.9 Å². The summed E-state index contributed by atoms with van der Waals surface area (Å²) in [4.78, 5) is 0. The molecule has 0 bridgehead atoms. The number of benzene rings is 2. The quantitative estimate of drug-likeness (QED) is 0.624. The third-order valence-electron chi connectivity index (χ3n) is 3.48. The minimum Gasteiger partial charge on any atom is -0.464 e. The van der Waals surface area contributed by atoms with Crippen LogP contribution in [0, 0.1) is 0 Å². The summed E-state index contributed by atoms with van der Waals surface area (Å²) in [7, 11) is 0. The molecule has 0 amide bonds. The van der Waals surface area contributed by atoms with Crippen LogP contribution in [-0.4, -0.2) is 4.70 Å². The minimum atomic E-state index is 0.829. The van der Waals surface area contributed by atoms with Crippen LogP contribution in [0.5, 0.6) is 0 Å². The molecule has 1 aliphatic rings. The van der Waals surface area contributed by atoms with Crippen molar-refractivity contribution in [2.75, 3.05) is 0 Å². The average Bonchev–Trinajstić information content (AvgIpc) is 3.03. The fourth-order valence-corrected chi connectivity index (χ4v) is 2.54. The van der Waals surface area contributed by atoms with Gasteiger partial charge in [0.1, 0.15) is 11.3 Å². The SMILES string of the molecule is c1ccc2c(c1)C[N+](Cc1ccc3occc3c1)=N2. The van der Waals surface area contributed by atoms with Gasteiger partial charge in [-0.1, -0.05) is 18.2 Å². The first-order valence-electron chi connectivity index (χ1n) is 6.39. The zero-order valence-electron chi connectivity index (χ0n) is 10.4. The Kier molecular flexibility index (Phi) is 2.24. The third kappa shape index (κ3) is 1.83. The van der Waals surface area contributed by atoms with Gasteiger partial charge in [-0.2, -0.15) is 0 Å². The number of fused-ring (bicyclic) bond motifs is 2. The van der Waals surface area contributed by atoms with E-state index in [2.05, 4.69) is 40.1 Å². The first-order chi connectivity index (χ1) is 9.38. The van der Waals surface area contributed by atoms with Crippen molar-refractivity contribution in [3.8, 4) is 0 Å². The summed E-state index contributed by atoms with van der Waals surface area (Å²) in [5.41, 5.74) is 4.58. The molecule has 1 aliphatic heterocycles. The Morgan fingerprint density at radius 2 is 2.05 bits per heavy atom. The van der Waals surface area contributed by atoms with Gasteiger partial charge in [-0.05, 0) is 35.4 Å². The Hall–Kier alpha value is -2.42. The van der Waals surface area contributed by atoms with Crippen LogP contribution in [0.15, 0.2) is 64.3 Å². The highest BCUT2D eigenvalue weighted by molar-refractivity contribution is 5.77. The summed E-state index contributed by atoms with van der Waals surface area (Å²) >= 11 is 0. The Labute approximate surface area is 110 Å². The average molecular weight is 249 g/mol. The summed E-state index contributed by atoms with van der Waals surface area (Å²) in [5.74, 6) is 0. The Morgan fingerprint density at radius 3 is 3.00 bits per heavy atom. The molecule has 0 unspecified atom stereocenters. The maximum absolute atomic E-state index is 5.36. The normalized spacial score (nSPS) is 13.6. The lowest BCUT2D eigenvalue weighted by atomic mass is 10.1. The molecular formula is C16H13N2O+. The van der Waals surface area contributed by atoms with Gasteiger partial charge in [0, 0.05) is 10.9 Å². The molecule has 0 aliphatic carbocycles. The first kappa shape index (κ1) is 10.5. The summed E-state index contributed by atoms with van der Waals surface area (Å²) < 4.78 is 7.46. The molecule has 0 fully saturated rings. The van der Waals surface area contributed by atoms with Gasteiger partial charge in [0.05, 0.1) is 11.8 Å². The Bertz CT molecular complexity index is 786. The second kappa shape index (κ2) is 4.05. The molecule has 0 N–H and O–H groups in total. The zero-order valence-corrected chi connectivity index (χ0v) is 10.4. The van der Waals surface area contributed by atoms with Gasteiger partial charge in [-0.25, -0.2) is 0 Å². The van der Waals surface area contributed by atoms with Crippen molar-refractivity contribution < 1.29 is 9.11 Å². The molecule has 1 aromatic heterocycles. The summed E-state index contributed by atoms with van der Waals surface area (Å²) in [6.07, 6.45) is 1.73. The van der Waals surface area contributed by atoms with Crippen LogP contribution in [0.25, 0.3) is 11.0 Å². The monoisotopic (exact) mass is 249 g/mol. The van der Waals surface area contributed by atoms with Gasteiger partial charge < -0.3 is 4.42 Å². The van der Waals surface area contributed by atoms with E-state index in [0.29, 0.717) is 0 Å². The molecule has 0 radical (unpaired) electrons. The maximum atomic E-state index is 5.36.